The van der Waals surface area contributed by atoms with E-state index in [9.17, 15) is 23.2 Å². The van der Waals surface area contributed by atoms with Gasteiger partial charge in [0.25, 0.3) is 11.7 Å². The number of fused-ring (bicyclic) bond motifs is 1. The number of benzene rings is 3. The SMILES string of the molecule is O=C(Cc1ccccc1)NC1C(=O)N2C(C(=O)OC(c3ccccc3)c3ccccc3)=C(CSC(F)F)CSC12. The van der Waals surface area contributed by atoms with Gasteiger partial charge in [-0.15, -0.1) is 11.8 Å². The molecule has 0 aromatic heterocycles. The van der Waals surface area contributed by atoms with E-state index in [2.05, 4.69) is 5.32 Å². The minimum absolute atomic E-state index is 0.0210. The molecule has 0 bridgehead atoms. The van der Waals surface area contributed by atoms with Gasteiger partial charge in [0.2, 0.25) is 5.91 Å². The van der Waals surface area contributed by atoms with Crippen molar-refractivity contribution in [3.63, 3.8) is 0 Å². The Morgan fingerprint density at radius 2 is 1.52 bits per heavy atom. The molecule has 0 saturated carbocycles. The first-order valence-electron chi connectivity index (χ1n) is 12.6. The molecule has 1 saturated heterocycles. The summed E-state index contributed by atoms with van der Waals surface area (Å²) < 4.78 is 32.2. The zero-order valence-electron chi connectivity index (χ0n) is 21.2. The van der Waals surface area contributed by atoms with Crippen molar-refractivity contribution in [2.45, 2.75) is 29.7 Å². The zero-order chi connectivity index (χ0) is 28.1. The molecule has 5 rings (SSSR count). The Balaban J connectivity index is 1.38. The van der Waals surface area contributed by atoms with E-state index in [4.69, 9.17) is 4.74 Å². The lowest BCUT2D eigenvalue weighted by atomic mass is 10.0. The van der Waals surface area contributed by atoms with Gasteiger partial charge in [0, 0.05) is 11.5 Å². The number of thioether (sulfide) groups is 2. The van der Waals surface area contributed by atoms with E-state index in [1.165, 1.54) is 16.7 Å². The topological polar surface area (TPSA) is 75.7 Å². The van der Waals surface area contributed by atoms with Crippen LogP contribution >= 0.6 is 23.5 Å². The van der Waals surface area contributed by atoms with Crippen LogP contribution in [0.5, 0.6) is 0 Å². The first kappa shape index (κ1) is 27.9. The third-order valence-corrected chi connectivity index (χ3v) is 8.68. The predicted molar refractivity (Wildman–Crippen MR) is 151 cm³/mol. The van der Waals surface area contributed by atoms with Crippen molar-refractivity contribution in [2.75, 3.05) is 11.5 Å². The van der Waals surface area contributed by atoms with E-state index < -0.39 is 35.2 Å². The summed E-state index contributed by atoms with van der Waals surface area (Å²) in [5.41, 5.74) is 2.65. The van der Waals surface area contributed by atoms with Crippen LogP contribution in [-0.4, -0.2) is 51.4 Å². The Labute approximate surface area is 239 Å². The highest BCUT2D eigenvalue weighted by Crippen LogP contribution is 2.42. The molecule has 2 atom stereocenters. The monoisotopic (exact) mass is 580 g/mol. The van der Waals surface area contributed by atoms with Crippen LogP contribution in [0.15, 0.2) is 102 Å². The van der Waals surface area contributed by atoms with Gasteiger partial charge in [-0.25, -0.2) is 4.79 Å². The van der Waals surface area contributed by atoms with Gasteiger partial charge in [-0.1, -0.05) is 103 Å². The Morgan fingerprint density at radius 3 is 2.10 bits per heavy atom. The van der Waals surface area contributed by atoms with Crippen molar-refractivity contribution in [2.24, 2.45) is 0 Å². The van der Waals surface area contributed by atoms with Gasteiger partial charge in [0.1, 0.15) is 17.1 Å². The number of carbonyl (C=O) groups excluding carboxylic acids is 3. The number of esters is 1. The molecule has 0 aliphatic carbocycles. The van der Waals surface area contributed by atoms with Crippen LogP contribution in [0.1, 0.15) is 22.8 Å². The molecule has 1 fully saturated rings. The van der Waals surface area contributed by atoms with Crippen LogP contribution < -0.4 is 5.32 Å². The van der Waals surface area contributed by atoms with E-state index in [0.29, 0.717) is 17.3 Å². The summed E-state index contributed by atoms with van der Waals surface area (Å²) in [5, 5.41) is 2.24. The zero-order valence-corrected chi connectivity index (χ0v) is 22.9. The lowest BCUT2D eigenvalue weighted by Crippen LogP contribution is -2.70. The van der Waals surface area contributed by atoms with Crippen LogP contribution in [0.2, 0.25) is 0 Å². The maximum absolute atomic E-state index is 13.7. The third-order valence-electron chi connectivity index (χ3n) is 6.58. The van der Waals surface area contributed by atoms with Crippen molar-refractivity contribution in [3.8, 4) is 0 Å². The summed E-state index contributed by atoms with van der Waals surface area (Å²) in [7, 11) is 0. The van der Waals surface area contributed by atoms with E-state index >= 15 is 0 Å². The second-order valence-electron chi connectivity index (χ2n) is 9.25. The van der Waals surface area contributed by atoms with Gasteiger partial charge in [-0.3, -0.25) is 14.5 Å². The van der Waals surface area contributed by atoms with Crippen LogP contribution in [0, 0.1) is 0 Å². The molecular weight excluding hydrogens is 554 g/mol. The Bertz CT molecular complexity index is 1350. The van der Waals surface area contributed by atoms with Gasteiger partial charge in [0.05, 0.1) is 6.42 Å². The molecule has 2 heterocycles. The fourth-order valence-corrected chi connectivity index (χ4v) is 6.74. The summed E-state index contributed by atoms with van der Waals surface area (Å²) in [6.45, 7) is 0. The van der Waals surface area contributed by atoms with E-state index in [1.54, 1.807) is 0 Å². The smallest absolute Gasteiger partial charge is 0.356 e. The van der Waals surface area contributed by atoms with Crippen molar-refractivity contribution >= 4 is 41.3 Å². The van der Waals surface area contributed by atoms with E-state index in [0.717, 1.165) is 16.7 Å². The number of halogens is 2. The highest BCUT2D eigenvalue weighted by atomic mass is 32.2. The standard InChI is InChI=1S/C30H26F2N2O4S2/c31-30(32)40-18-22-17-39-28-24(33-23(35)16-19-10-4-1-5-11-19)27(36)34(28)25(22)29(37)38-26(20-12-6-2-7-13-20)21-14-8-3-9-15-21/h1-15,24,26,28,30H,16-18H2,(H,33,35). The molecule has 40 heavy (non-hydrogen) atoms. The quantitative estimate of drug-likeness (QED) is 0.264. The second-order valence-corrected chi connectivity index (χ2v) is 11.3. The molecular formula is C30H26F2N2O4S2. The highest BCUT2D eigenvalue weighted by Gasteiger charge is 2.54. The molecule has 2 unspecified atom stereocenters. The predicted octanol–water partition coefficient (Wildman–Crippen LogP) is 5.17. The molecule has 2 aliphatic heterocycles. The fraction of sp³-hybridized carbons (Fsp3) is 0.233. The van der Waals surface area contributed by atoms with Gasteiger partial charge >= 0.3 is 5.97 Å². The van der Waals surface area contributed by atoms with Crippen LogP contribution in [-0.2, 0) is 25.5 Å². The maximum Gasteiger partial charge on any atom is 0.356 e. The molecule has 206 valence electrons. The molecule has 0 spiro atoms. The van der Waals surface area contributed by atoms with Crippen molar-refractivity contribution in [3.05, 3.63) is 119 Å². The van der Waals surface area contributed by atoms with Crippen LogP contribution in [0.3, 0.4) is 0 Å². The van der Waals surface area contributed by atoms with Crippen LogP contribution in [0.4, 0.5) is 8.78 Å². The summed E-state index contributed by atoms with van der Waals surface area (Å²) >= 11 is 1.72. The number of hydrogen-bond donors (Lipinski definition) is 1. The van der Waals surface area contributed by atoms with Crippen molar-refractivity contribution in [1.29, 1.82) is 0 Å². The molecule has 6 nitrogen and oxygen atoms in total. The number of ether oxygens (including phenoxy) is 1. The lowest BCUT2D eigenvalue weighted by molar-refractivity contribution is -0.154. The van der Waals surface area contributed by atoms with Gasteiger partial charge < -0.3 is 10.1 Å². The summed E-state index contributed by atoms with van der Waals surface area (Å²) in [4.78, 5) is 41.0. The van der Waals surface area contributed by atoms with Gasteiger partial charge in [-0.05, 0) is 22.3 Å². The van der Waals surface area contributed by atoms with Gasteiger partial charge in [-0.2, -0.15) is 8.78 Å². The normalized spacial score (nSPS) is 18.4. The average molecular weight is 581 g/mol. The first-order valence-corrected chi connectivity index (χ1v) is 14.7. The number of nitrogens with one attached hydrogen (secondary N) is 1. The number of alkyl halides is 2. The highest BCUT2D eigenvalue weighted by molar-refractivity contribution is 8.01. The fourth-order valence-electron chi connectivity index (χ4n) is 4.70. The molecule has 3 aromatic rings. The molecule has 10 heteroatoms. The van der Waals surface area contributed by atoms with E-state index in [1.807, 2.05) is 91.0 Å². The molecule has 2 amide bonds. The Morgan fingerprint density at radius 1 is 0.950 bits per heavy atom. The minimum Gasteiger partial charge on any atom is -0.448 e. The largest absolute Gasteiger partial charge is 0.448 e. The number of nitrogens with zero attached hydrogens (tertiary/aromatic N) is 1. The lowest BCUT2D eigenvalue weighted by Gasteiger charge is -2.50. The number of β-lactam (4-membered cyclic amide) rings is 1. The van der Waals surface area contributed by atoms with Crippen molar-refractivity contribution in [1.82, 2.24) is 10.2 Å². The maximum atomic E-state index is 13.7. The minimum atomic E-state index is -2.63. The molecule has 1 N–H and O–H groups in total. The average Bonchev–Trinajstić information content (AvgIpc) is 2.98. The summed E-state index contributed by atoms with van der Waals surface area (Å²) in [6, 6.07) is 26.7. The summed E-state index contributed by atoms with van der Waals surface area (Å²) in [5.74, 6) is -4.06. The van der Waals surface area contributed by atoms with E-state index in [-0.39, 0.29) is 29.5 Å². The first-order chi connectivity index (χ1) is 19.4. The Hall–Kier alpha value is -3.63. The molecule has 3 aromatic carbocycles. The second kappa shape index (κ2) is 12.7. The van der Waals surface area contributed by atoms with Crippen LogP contribution in [0.25, 0.3) is 0 Å². The van der Waals surface area contributed by atoms with Gasteiger partial charge in [0.15, 0.2) is 6.10 Å². The third kappa shape index (κ3) is 6.23. The number of hydrogen-bond acceptors (Lipinski definition) is 6. The molecule has 0 radical (unpaired) electrons. The number of carbonyl (C=O) groups is 3. The number of amides is 2. The number of rotatable bonds is 10. The molecule has 2 aliphatic rings. The van der Waals surface area contributed by atoms with Crippen molar-refractivity contribution < 1.29 is 27.9 Å². The Kier molecular flexibility index (Phi) is 8.86. The summed E-state index contributed by atoms with van der Waals surface area (Å²) in [6.07, 6.45) is -0.657.